The van der Waals surface area contributed by atoms with E-state index in [1.165, 1.54) is 38.1 Å². The minimum Gasteiger partial charge on any atom is -0.508 e. The number of hydrogen-bond acceptors (Lipinski definition) is 7. The van der Waals surface area contributed by atoms with Crippen molar-refractivity contribution in [3.63, 3.8) is 0 Å². The van der Waals surface area contributed by atoms with Crippen molar-refractivity contribution in [1.82, 2.24) is 5.32 Å². The zero-order valence-electron chi connectivity index (χ0n) is 15.4. The first-order valence-corrected chi connectivity index (χ1v) is 8.74. The lowest BCUT2D eigenvalue weighted by Gasteiger charge is -2.44. The van der Waals surface area contributed by atoms with E-state index < -0.39 is 39.4 Å². The van der Waals surface area contributed by atoms with Gasteiger partial charge in [-0.2, -0.15) is 0 Å². The van der Waals surface area contributed by atoms with Crippen molar-refractivity contribution in [3.05, 3.63) is 79.9 Å². The molecule has 1 heterocycles. The molecule has 0 spiro atoms. The lowest BCUT2D eigenvalue weighted by Crippen LogP contribution is -2.63. The summed E-state index contributed by atoms with van der Waals surface area (Å²) >= 11 is 0. The molecule has 2 aromatic rings. The number of nitro groups is 2. The quantitative estimate of drug-likeness (QED) is 0.541. The van der Waals surface area contributed by atoms with Gasteiger partial charge in [0, 0.05) is 9.85 Å². The summed E-state index contributed by atoms with van der Waals surface area (Å²) in [6.45, 7) is 3.07. The van der Waals surface area contributed by atoms with E-state index in [1.807, 2.05) is 0 Å². The van der Waals surface area contributed by atoms with Gasteiger partial charge in [-0.05, 0) is 49.2 Å². The normalized spacial score (nSPS) is 26.5. The summed E-state index contributed by atoms with van der Waals surface area (Å²) in [4.78, 5) is 22.9. The van der Waals surface area contributed by atoms with Gasteiger partial charge in [-0.15, -0.1) is 0 Å². The van der Waals surface area contributed by atoms with Crippen LogP contribution >= 0.6 is 0 Å². The van der Waals surface area contributed by atoms with Gasteiger partial charge in [-0.25, -0.2) is 0 Å². The molecule has 0 bridgehead atoms. The van der Waals surface area contributed by atoms with E-state index in [4.69, 9.17) is 0 Å². The van der Waals surface area contributed by atoms with Gasteiger partial charge in [0.05, 0.1) is 0 Å². The highest BCUT2D eigenvalue weighted by atomic mass is 16.6. The van der Waals surface area contributed by atoms with E-state index in [0.717, 1.165) is 0 Å². The van der Waals surface area contributed by atoms with E-state index in [2.05, 4.69) is 5.32 Å². The zero-order valence-corrected chi connectivity index (χ0v) is 15.4. The molecule has 0 radical (unpaired) electrons. The van der Waals surface area contributed by atoms with E-state index in [9.17, 15) is 30.4 Å². The first-order valence-electron chi connectivity index (χ1n) is 8.74. The standard InChI is InChI=1S/C19H21N3O6/c1-19(2)17(21(25)26)15(11-3-7-13(23)8-4-11)20-16(18(19)22(27)28)12-5-9-14(24)10-6-12/h3-10,15-18,20,23-24H,1-2H3/t15-,16+,17-,18-/m1/s1. The Kier molecular flexibility index (Phi) is 4.95. The maximum Gasteiger partial charge on any atom is 0.243 e. The third-order valence-corrected chi connectivity index (χ3v) is 5.47. The second-order valence-electron chi connectivity index (χ2n) is 7.59. The van der Waals surface area contributed by atoms with Crippen LogP contribution in [0.15, 0.2) is 48.5 Å². The van der Waals surface area contributed by atoms with Crippen molar-refractivity contribution < 1.29 is 20.1 Å². The first kappa shape index (κ1) is 19.6. The average Bonchev–Trinajstić information content (AvgIpc) is 2.60. The summed E-state index contributed by atoms with van der Waals surface area (Å²) in [5.74, 6) is 0.0458. The van der Waals surface area contributed by atoms with E-state index in [1.54, 1.807) is 24.3 Å². The number of nitrogens with one attached hydrogen (secondary N) is 1. The molecule has 4 atom stereocenters. The van der Waals surface area contributed by atoms with Crippen molar-refractivity contribution in [1.29, 1.82) is 0 Å². The van der Waals surface area contributed by atoms with Crippen molar-refractivity contribution in [2.24, 2.45) is 5.41 Å². The van der Waals surface area contributed by atoms with Crippen LogP contribution in [0, 0.1) is 25.6 Å². The molecular weight excluding hydrogens is 366 g/mol. The first-order chi connectivity index (χ1) is 13.1. The molecule has 0 aromatic heterocycles. The number of hydrogen-bond donors (Lipinski definition) is 3. The molecular formula is C19H21N3O6. The van der Waals surface area contributed by atoms with Gasteiger partial charge >= 0.3 is 0 Å². The van der Waals surface area contributed by atoms with E-state index in [-0.39, 0.29) is 11.5 Å². The number of nitrogens with zero attached hydrogens (tertiary/aromatic N) is 2. The Labute approximate surface area is 160 Å². The molecule has 2 aromatic carbocycles. The Morgan fingerprint density at radius 3 is 1.39 bits per heavy atom. The SMILES string of the molecule is CC1(C)[C@H]([N+](=O)[O-])[C@@H](c2ccc(O)cc2)N[C@@H](c2ccc(O)cc2)[C@H]1[N+](=O)[O-]. The third-order valence-electron chi connectivity index (χ3n) is 5.47. The number of aromatic hydroxyl groups is 2. The van der Waals surface area contributed by atoms with Crippen LogP contribution in [0.1, 0.15) is 37.1 Å². The topological polar surface area (TPSA) is 139 Å². The highest BCUT2D eigenvalue weighted by Gasteiger charge is 2.62. The van der Waals surface area contributed by atoms with Gasteiger partial charge in [0.1, 0.15) is 29.0 Å². The molecule has 0 amide bonds. The Morgan fingerprint density at radius 2 is 1.11 bits per heavy atom. The van der Waals surface area contributed by atoms with Gasteiger partial charge in [0.2, 0.25) is 12.1 Å². The molecule has 3 rings (SSSR count). The Bertz CT molecular complexity index is 810. The number of piperidine rings is 1. The van der Waals surface area contributed by atoms with Crippen molar-refractivity contribution in [2.45, 2.75) is 38.0 Å². The molecule has 0 aliphatic carbocycles. The van der Waals surface area contributed by atoms with Crippen LogP contribution in [0.5, 0.6) is 11.5 Å². The molecule has 28 heavy (non-hydrogen) atoms. The number of benzene rings is 2. The molecule has 0 saturated carbocycles. The molecule has 148 valence electrons. The van der Waals surface area contributed by atoms with E-state index >= 15 is 0 Å². The zero-order chi connectivity index (χ0) is 20.6. The predicted molar refractivity (Wildman–Crippen MR) is 100 cm³/mol. The summed E-state index contributed by atoms with van der Waals surface area (Å²) < 4.78 is 0. The summed E-state index contributed by atoms with van der Waals surface area (Å²) in [5, 5.41) is 46.0. The van der Waals surface area contributed by atoms with Crippen LogP contribution in [0.3, 0.4) is 0 Å². The number of phenols is 2. The number of phenolic OH excluding ortho intramolecular Hbond substituents is 2. The largest absolute Gasteiger partial charge is 0.508 e. The second-order valence-corrected chi connectivity index (χ2v) is 7.59. The van der Waals surface area contributed by atoms with Crippen LogP contribution in [0.25, 0.3) is 0 Å². The lowest BCUT2D eigenvalue weighted by molar-refractivity contribution is -0.605. The van der Waals surface area contributed by atoms with Crippen LogP contribution in [0.4, 0.5) is 0 Å². The van der Waals surface area contributed by atoms with Crippen LogP contribution in [-0.4, -0.2) is 32.1 Å². The van der Waals surface area contributed by atoms with Gasteiger partial charge in [-0.1, -0.05) is 24.3 Å². The Morgan fingerprint density at radius 1 is 0.786 bits per heavy atom. The molecule has 3 N–H and O–H groups in total. The summed E-state index contributed by atoms with van der Waals surface area (Å²) in [7, 11) is 0. The maximum atomic E-state index is 11.9. The Hall–Kier alpha value is -3.20. The minimum absolute atomic E-state index is 0.0229. The minimum atomic E-state index is -1.29. The molecule has 9 nitrogen and oxygen atoms in total. The molecule has 9 heteroatoms. The second kappa shape index (κ2) is 7.08. The van der Waals surface area contributed by atoms with E-state index in [0.29, 0.717) is 11.1 Å². The lowest BCUT2D eigenvalue weighted by atomic mass is 9.66. The summed E-state index contributed by atoms with van der Waals surface area (Å²) in [6.07, 6.45) is 0. The average molecular weight is 387 g/mol. The smallest absolute Gasteiger partial charge is 0.243 e. The van der Waals surface area contributed by atoms with Crippen molar-refractivity contribution >= 4 is 0 Å². The van der Waals surface area contributed by atoms with Crippen LogP contribution < -0.4 is 5.32 Å². The van der Waals surface area contributed by atoms with Crippen LogP contribution in [0.2, 0.25) is 0 Å². The highest BCUT2D eigenvalue weighted by Crippen LogP contribution is 2.47. The fourth-order valence-electron chi connectivity index (χ4n) is 4.12. The third kappa shape index (κ3) is 3.36. The maximum absolute atomic E-state index is 11.9. The van der Waals surface area contributed by atoms with Crippen molar-refractivity contribution in [3.8, 4) is 11.5 Å². The van der Waals surface area contributed by atoms with Gasteiger partial charge in [-0.3, -0.25) is 25.5 Å². The predicted octanol–water partition coefficient (Wildman–Crippen LogP) is 2.80. The fraction of sp³-hybridized carbons (Fsp3) is 0.368. The number of rotatable bonds is 4. The van der Waals surface area contributed by atoms with Gasteiger partial charge in [0.25, 0.3) is 0 Å². The van der Waals surface area contributed by atoms with Gasteiger partial charge in [0.15, 0.2) is 0 Å². The van der Waals surface area contributed by atoms with Crippen molar-refractivity contribution in [2.75, 3.05) is 0 Å². The summed E-state index contributed by atoms with van der Waals surface area (Å²) in [6, 6.07) is 7.85. The fourth-order valence-corrected chi connectivity index (χ4v) is 4.12. The molecule has 0 unspecified atom stereocenters. The molecule has 1 aliphatic heterocycles. The highest BCUT2D eigenvalue weighted by molar-refractivity contribution is 5.33. The molecule has 1 saturated heterocycles. The van der Waals surface area contributed by atoms with Crippen LogP contribution in [-0.2, 0) is 0 Å². The summed E-state index contributed by atoms with van der Waals surface area (Å²) in [5.41, 5.74) is -0.181. The Balaban J connectivity index is 2.14. The van der Waals surface area contributed by atoms with Gasteiger partial charge < -0.3 is 10.2 Å². The molecule has 1 aliphatic rings. The monoisotopic (exact) mass is 387 g/mol. The molecule has 1 fully saturated rings.